The van der Waals surface area contributed by atoms with Crippen molar-refractivity contribution in [3.8, 4) is 11.3 Å². The van der Waals surface area contributed by atoms with Gasteiger partial charge in [-0.1, -0.05) is 32.9 Å². The number of hydrogen-bond acceptors (Lipinski definition) is 3. The fraction of sp³-hybridized carbons (Fsp3) is 0.438. The van der Waals surface area contributed by atoms with E-state index in [4.69, 9.17) is 10.2 Å². The van der Waals surface area contributed by atoms with E-state index < -0.39 is 0 Å². The van der Waals surface area contributed by atoms with Gasteiger partial charge in [-0.05, 0) is 29.5 Å². The van der Waals surface area contributed by atoms with Crippen LogP contribution in [0.15, 0.2) is 22.6 Å². The van der Waals surface area contributed by atoms with Crippen molar-refractivity contribution in [1.82, 2.24) is 4.98 Å². The SMILES string of the molecule is Cc1nc(-c2cc(C(C)(C)C)ccc2C)c(CN)o1. The van der Waals surface area contributed by atoms with Gasteiger partial charge in [-0.15, -0.1) is 0 Å². The lowest BCUT2D eigenvalue weighted by Gasteiger charge is -2.20. The molecule has 0 spiro atoms. The third-order valence-corrected chi connectivity index (χ3v) is 3.35. The van der Waals surface area contributed by atoms with Gasteiger partial charge in [0.2, 0.25) is 0 Å². The predicted octanol–water partition coefficient (Wildman–Crippen LogP) is 3.71. The van der Waals surface area contributed by atoms with Gasteiger partial charge >= 0.3 is 0 Å². The highest BCUT2D eigenvalue weighted by Gasteiger charge is 2.18. The van der Waals surface area contributed by atoms with Crippen molar-refractivity contribution in [1.29, 1.82) is 0 Å². The first-order valence-corrected chi connectivity index (χ1v) is 6.61. The van der Waals surface area contributed by atoms with Crippen LogP contribution in [0.3, 0.4) is 0 Å². The Bertz CT molecular complexity index is 591. The van der Waals surface area contributed by atoms with Crippen LogP contribution in [0.4, 0.5) is 0 Å². The molecule has 2 N–H and O–H groups in total. The van der Waals surface area contributed by atoms with Gasteiger partial charge in [-0.25, -0.2) is 4.98 Å². The van der Waals surface area contributed by atoms with Crippen molar-refractivity contribution in [2.45, 2.75) is 46.6 Å². The molecule has 0 atom stereocenters. The van der Waals surface area contributed by atoms with E-state index >= 15 is 0 Å². The Balaban J connectivity index is 2.61. The Labute approximate surface area is 114 Å². The first kappa shape index (κ1) is 13.8. The Kier molecular flexibility index (Phi) is 3.50. The zero-order chi connectivity index (χ0) is 14.2. The summed E-state index contributed by atoms with van der Waals surface area (Å²) in [5, 5.41) is 0. The normalized spacial score (nSPS) is 11.9. The number of hydrogen-bond donors (Lipinski definition) is 1. The van der Waals surface area contributed by atoms with Crippen molar-refractivity contribution in [2.75, 3.05) is 0 Å². The van der Waals surface area contributed by atoms with Crippen molar-refractivity contribution < 1.29 is 4.42 Å². The molecule has 3 heteroatoms. The summed E-state index contributed by atoms with van der Waals surface area (Å²) in [6, 6.07) is 6.51. The first-order valence-electron chi connectivity index (χ1n) is 6.61. The number of aryl methyl sites for hydroxylation is 2. The van der Waals surface area contributed by atoms with Crippen LogP contribution in [0.2, 0.25) is 0 Å². The second-order valence-corrected chi connectivity index (χ2v) is 5.99. The molecule has 0 saturated heterocycles. The van der Waals surface area contributed by atoms with E-state index in [0.29, 0.717) is 12.4 Å². The van der Waals surface area contributed by atoms with Gasteiger partial charge in [0.25, 0.3) is 0 Å². The first-order chi connectivity index (χ1) is 8.82. The van der Waals surface area contributed by atoms with Crippen molar-refractivity contribution in [3.63, 3.8) is 0 Å². The van der Waals surface area contributed by atoms with Gasteiger partial charge in [0.15, 0.2) is 5.89 Å². The topological polar surface area (TPSA) is 52.0 Å². The third-order valence-electron chi connectivity index (χ3n) is 3.35. The molecular formula is C16H22N2O. The largest absolute Gasteiger partial charge is 0.444 e. The number of nitrogens with zero attached hydrogens (tertiary/aromatic N) is 1. The van der Waals surface area contributed by atoms with Crippen LogP contribution in [-0.4, -0.2) is 4.98 Å². The molecule has 0 fully saturated rings. The van der Waals surface area contributed by atoms with Gasteiger partial charge in [0.1, 0.15) is 11.5 Å². The zero-order valence-corrected chi connectivity index (χ0v) is 12.4. The third kappa shape index (κ3) is 2.71. The number of benzene rings is 1. The number of rotatable bonds is 2. The van der Waals surface area contributed by atoms with Crippen molar-refractivity contribution in [2.24, 2.45) is 5.73 Å². The quantitative estimate of drug-likeness (QED) is 0.893. The summed E-state index contributed by atoms with van der Waals surface area (Å²) in [4.78, 5) is 4.49. The van der Waals surface area contributed by atoms with E-state index in [2.05, 4.69) is 50.9 Å². The molecule has 1 aromatic carbocycles. The van der Waals surface area contributed by atoms with Gasteiger partial charge in [-0.3, -0.25) is 0 Å². The van der Waals surface area contributed by atoms with Gasteiger partial charge in [0, 0.05) is 12.5 Å². The van der Waals surface area contributed by atoms with E-state index in [9.17, 15) is 0 Å². The molecule has 0 bridgehead atoms. The average Bonchev–Trinajstić information content (AvgIpc) is 2.69. The van der Waals surface area contributed by atoms with E-state index in [0.717, 1.165) is 17.0 Å². The maximum Gasteiger partial charge on any atom is 0.191 e. The van der Waals surface area contributed by atoms with Crippen LogP contribution in [0.5, 0.6) is 0 Å². The highest BCUT2D eigenvalue weighted by atomic mass is 16.4. The minimum atomic E-state index is 0.115. The fourth-order valence-electron chi connectivity index (χ4n) is 2.16. The van der Waals surface area contributed by atoms with E-state index in [-0.39, 0.29) is 5.41 Å². The molecular weight excluding hydrogens is 236 g/mol. The van der Waals surface area contributed by atoms with Crippen LogP contribution in [-0.2, 0) is 12.0 Å². The molecule has 0 radical (unpaired) electrons. The van der Waals surface area contributed by atoms with Crippen molar-refractivity contribution >= 4 is 0 Å². The fourth-order valence-corrected chi connectivity index (χ4v) is 2.16. The van der Waals surface area contributed by atoms with Gasteiger partial charge < -0.3 is 10.2 Å². The number of oxazole rings is 1. The molecule has 1 heterocycles. The Hall–Kier alpha value is -1.61. The molecule has 0 aliphatic heterocycles. The molecule has 0 saturated carbocycles. The summed E-state index contributed by atoms with van der Waals surface area (Å²) in [6.45, 7) is 10.9. The summed E-state index contributed by atoms with van der Waals surface area (Å²) < 4.78 is 5.56. The van der Waals surface area contributed by atoms with Gasteiger partial charge in [-0.2, -0.15) is 0 Å². The lowest BCUT2D eigenvalue weighted by Crippen LogP contribution is -2.11. The van der Waals surface area contributed by atoms with Crippen LogP contribution >= 0.6 is 0 Å². The number of aromatic nitrogens is 1. The molecule has 3 nitrogen and oxygen atoms in total. The second kappa shape index (κ2) is 4.82. The lowest BCUT2D eigenvalue weighted by molar-refractivity contribution is 0.477. The second-order valence-electron chi connectivity index (χ2n) is 5.99. The lowest BCUT2D eigenvalue weighted by atomic mass is 9.85. The van der Waals surface area contributed by atoms with Crippen molar-refractivity contribution in [3.05, 3.63) is 41.0 Å². The minimum absolute atomic E-state index is 0.115. The summed E-state index contributed by atoms with van der Waals surface area (Å²) in [5.74, 6) is 1.42. The summed E-state index contributed by atoms with van der Waals surface area (Å²) in [7, 11) is 0. The molecule has 2 rings (SSSR count). The predicted molar refractivity (Wildman–Crippen MR) is 78.0 cm³/mol. The molecule has 0 amide bonds. The maximum absolute atomic E-state index is 5.74. The van der Waals surface area contributed by atoms with Crippen LogP contribution in [0.1, 0.15) is 43.5 Å². The minimum Gasteiger partial charge on any atom is -0.444 e. The molecule has 0 aliphatic carbocycles. The maximum atomic E-state index is 5.74. The molecule has 0 unspecified atom stereocenters. The standard InChI is InChI=1S/C16H22N2O/c1-10-6-7-12(16(3,4)5)8-13(10)15-14(9-17)19-11(2)18-15/h6-8H,9,17H2,1-5H3. The molecule has 2 aromatic rings. The molecule has 19 heavy (non-hydrogen) atoms. The Morgan fingerprint density at radius 2 is 1.89 bits per heavy atom. The van der Waals surface area contributed by atoms with E-state index in [1.54, 1.807) is 0 Å². The Morgan fingerprint density at radius 3 is 2.47 bits per heavy atom. The monoisotopic (exact) mass is 258 g/mol. The summed E-state index contributed by atoms with van der Waals surface area (Å²) in [5.41, 5.74) is 10.3. The smallest absolute Gasteiger partial charge is 0.191 e. The number of nitrogens with two attached hydrogens (primary N) is 1. The van der Waals surface area contributed by atoms with Crippen LogP contribution in [0.25, 0.3) is 11.3 Å². The highest BCUT2D eigenvalue weighted by molar-refractivity contribution is 5.66. The zero-order valence-electron chi connectivity index (χ0n) is 12.4. The van der Waals surface area contributed by atoms with Crippen LogP contribution < -0.4 is 5.73 Å². The van der Waals surface area contributed by atoms with Crippen LogP contribution in [0, 0.1) is 13.8 Å². The molecule has 102 valence electrons. The van der Waals surface area contributed by atoms with E-state index in [1.165, 1.54) is 11.1 Å². The summed E-state index contributed by atoms with van der Waals surface area (Å²) >= 11 is 0. The van der Waals surface area contributed by atoms with Gasteiger partial charge in [0.05, 0.1) is 6.54 Å². The highest BCUT2D eigenvalue weighted by Crippen LogP contribution is 2.31. The average molecular weight is 258 g/mol. The molecule has 1 aromatic heterocycles. The van der Waals surface area contributed by atoms with E-state index in [1.807, 2.05) is 6.92 Å². The Morgan fingerprint density at radius 1 is 1.21 bits per heavy atom. The molecule has 0 aliphatic rings. The summed E-state index contributed by atoms with van der Waals surface area (Å²) in [6.07, 6.45) is 0.